The van der Waals surface area contributed by atoms with E-state index in [4.69, 9.17) is 26.2 Å². The Labute approximate surface area is 93.9 Å². The highest BCUT2D eigenvalue weighted by molar-refractivity contribution is 6.29. The van der Waals surface area contributed by atoms with Crippen LogP contribution < -0.4 is 0 Å². The summed E-state index contributed by atoms with van der Waals surface area (Å²) in [5, 5.41) is 7.79. The Kier molecular flexibility index (Phi) is 4.79. The number of likely N-dealkylation sites (tertiary alicyclic amines) is 1. The molecule has 1 aliphatic rings. The second-order valence-corrected chi connectivity index (χ2v) is 4.10. The summed E-state index contributed by atoms with van der Waals surface area (Å²) in [4.78, 5) is 12.5. The first kappa shape index (κ1) is 12.7. The van der Waals surface area contributed by atoms with Gasteiger partial charge in [-0.1, -0.05) is 0 Å². The zero-order chi connectivity index (χ0) is 11.4. The molecule has 0 aromatic carbocycles. The number of alkyl halides is 1. The molecule has 0 saturated carbocycles. The highest BCUT2D eigenvalue weighted by Crippen LogP contribution is 2.16. The van der Waals surface area contributed by atoms with E-state index >= 15 is 0 Å². The van der Waals surface area contributed by atoms with E-state index in [0.29, 0.717) is 19.6 Å². The van der Waals surface area contributed by atoms with Crippen molar-refractivity contribution in [2.45, 2.75) is 17.6 Å². The van der Waals surface area contributed by atoms with Crippen molar-refractivity contribution in [2.24, 2.45) is 0 Å². The second kappa shape index (κ2) is 5.65. The SMILES string of the molecule is COC1CN(CC(Cl)C(=O)O)CC1OC. The van der Waals surface area contributed by atoms with Gasteiger partial charge in [0.2, 0.25) is 0 Å². The molecule has 15 heavy (non-hydrogen) atoms. The quantitative estimate of drug-likeness (QED) is 0.684. The van der Waals surface area contributed by atoms with E-state index in [1.54, 1.807) is 14.2 Å². The molecule has 5 nitrogen and oxygen atoms in total. The van der Waals surface area contributed by atoms with Crippen LogP contribution in [0, 0.1) is 0 Å². The summed E-state index contributed by atoms with van der Waals surface area (Å²) in [7, 11) is 3.24. The molecule has 0 aromatic heterocycles. The van der Waals surface area contributed by atoms with E-state index in [2.05, 4.69) is 0 Å². The van der Waals surface area contributed by atoms with Crippen molar-refractivity contribution in [3.05, 3.63) is 0 Å². The summed E-state index contributed by atoms with van der Waals surface area (Å²) in [6.45, 7) is 1.63. The zero-order valence-electron chi connectivity index (χ0n) is 8.85. The molecular weight excluding hydrogens is 222 g/mol. The van der Waals surface area contributed by atoms with E-state index in [1.807, 2.05) is 4.90 Å². The normalized spacial score (nSPS) is 29.3. The highest BCUT2D eigenvalue weighted by atomic mass is 35.5. The summed E-state index contributed by atoms with van der Waals surface area (Å²) in [5.74, 6) is -0.994. The molecule has 1 fully saturated rings. The van der Waals surface area contributed by atoms with E-state index in [0.717, 1.165) is 0 Å². The molecule has 0 bridgehead atoms. The first-order chi connectivity index (χ1) is 7.08. The van der Waals surface area contributed by atoms with Gasteiger partial charge in [0, 0.05) is 33.9 Å². The van der Waals surface area contributed by atoms with Gasteiger partial charge in [0.25, 0.3) is 0 Å². The van der Waals surface area contributed by atoms with Crippen molar-refractivity contribution < 1.29 is 19.4 Å². The van der Waals surface area contributed by atoms with Crippen molar-refractivity contribution in [2.75, 3.05) is 33.9 Å². The van der Waals surface area contributed by atoms with Crippen molar-refractivity contribution in [1.29, 1.82) is 0 Å². The number of hydrogen-bond acceptors (Lipinski definition) is 4. The number of nitrogens with zero attached hydrogens (tertiary/aromatic N) is 1. The summed E-state index contributed by atoms with van der Waals surface area (Å²) in [6.07, 6.45) is -0.0136. The standard InChI is InChI=1S/C9H16ClNO4/c1-14-7-4-11(5-8(7)15-2)3-6(10)9(12)13/h6-8H,3-5H2,1-2H3,(H,12,13). The molecule has 1 rings (SSSR count). The van der Waals surface area contributed by atoms with Crippen molar-refractivity contribution in [3.8, 4) is 0 Å². The molecule has 1 saturated heterocycles. The fourth-order valence-corrected chi connectivity index (χ4v) is 1.92. The Morgan fingerprint density at radius 2 is 1.93 bits per heavy atom. The lowest BCUT2D eigenvalue weighted by atomic mass is 10.3. The van der Waals surface area contributed by atoms with Gasteiger partial charge in [-0.25, -0.2) is 0 Å². The monoisotopic (exact) mass is 237 g/mol. The Balaban J connectivity index is 2.43. The number of carboxylic acid groups (broad SMARTS) is 1. The number of methoxy groups -OCH3 is 2. The average Bonchev–Trinajstić information content (AvgIpc) is 2.59. The summed E-state index contributed by atoms with van der Waals surface area (Å²) in [5.41, 5.74) is 0. The van der Waals surface area contributed by atoms with Crippen LogP contribution in [0.2, 0.25) is 0 Å². The van der Waals surface area contributed by atoms with E-state index in [9.17, 15) is 4.79 Å². The van der Waals surface area contributed by atoms with Crippen LogP contribution in [0.1, 0.15) is 0 Å². The van der Waals surface area contributed by atoms with Gasteiger partial charge in [0.1, 0.15) is 5.38 Å². The lowest BCUT2D eigenvalue weighted by molar-refractivity contribution is -0.136. The third-order valence-corrected chi connectivity index (χ3v) is 2.91. The minimum absolute atomic E-state index is 0.00679. The lowest BCUT2D eigenvalue weighted by Crippen LogP contribution is -2.33. The fourth-order valence-electron chi connectivity index (χ4n) is 1.73. The molecule has 0 aromatic rings. The number of rotatable bonds is 5. The van der Waals surface area contributed by atoms with Gasteiger partial charge in [0.15, 0.2) is 0 Å². The van der Waals surface area contributed by atoms with Crippen molar-refractivity contribution >= 4 is 17.6 Å². The number of ether oxygens (including phenoxy) is 2. The zero-order valence-corrected chi connectivity index (χ0v) is 9.61. The third-order valence-electron chi connectivity index (χ3n) is 2.58. The van der Waals surface area contributed by atoms with Crippen LogP contribution >= 0.6 is 11.6 Å². The van der Waals surface area contributed by atoms with Gasteiger partial charge in [-0.3, -0.25) is 9.69 Å². The highest BCUT2D eigenvalue weighted by Gasteiger charge is 2.34. The van der Waals surface area contributed by atoms with Crippen LogP contribution in [-0.4, -0.2) is 67.4 Å². The molecule has 3 atom stereocenters. The van der Waals surface area contributed by atoms with Crippen LogP contribution in [0.25, 0.3) is 0 Å². The van der Waals surface area contributed by atoms with Gasteiger partial charge in [-0.2, -0.15) is 0 Å². The maximum atomic E-state index is 10.6. The van der Waals surface area contributed by atoms with Gasteiger partial charge in [-0.15, -0.1) is 11.6 Å². The van der Waals surface area contributed by atoms with Crippen molar-refractivity contribution in [1.82, 2.24) is 4.90 Å². The van der Waals surface area contributed by atoms with Crippen LogP contribution in [0.4, 0.5) is 0 Å². The minimum atomic E-state index is -0.994. The van der Waals surface area contributed by atoms with Crippen LogP contribution in [0.15, 0.2) is 0 Å². The largest absolute Gasteiger partial charge is 0.480 e. The number of carbonyl (C=O) groups is 1. The molecule has 0 radical (unpaired) electrons. The predicted octanol–water partition coefficient (Wildman–Crippen LogP) is 0.0240. The molecule has 0 aliphatic carbocycles. The number of carboxylic acids is 1. The third kappa shape index (κ3) is 3.31. The average molecular weight is 238 g/mol. The lowest BCUT2D eigenvalue weighted by Gasteiger charge is -2.16. The second-order valence-electron chi connectivity index (χ2n) is 3.57. The molecule has 88 valence electrons. The number of hydrogen-bond donors (Lipinski definition) is 1. The van der Waals surface area contributed by atoms with Crippen LogP contribution in [-0.2, 0) is 14.3 Å². The maximum absolute atomic E-state index is 10.6. The van der Waals surface area contributed by atoms with Gasteiger partial charge < -0.3 is 14.6 Å². The van der Waals surface area contributed by atoms with Gasteiger partial charge >= 0.3 is 5.97 Å². The molecular formula is C9H16ClNO4. The number of aliphatic carboxylic acids is 1. The summed E-state index contributed by atoms with van der Waals surface area (Å²) < 4.78 is 10.5. The minimum Gasteiger partial charge on any atom is -0.480 e. The molecule has 3 unspecified atom stereocenters. The molecule has 6 heteroatoms. The molecule has 1 aliphatic heterocycles. The Bertz CT molecular complexity index is 214. The van der Waals surface area contributed by atoms with Crippen LogP contribution in [0.3, 0.4) is 0 Å². The predicted molar refractivity (Wildman–Crippen MR) is 55.3 cm³/mol. The maximum Gasteiger partial charge on any atom is 0.322 e. The Morgan fingerprint density at radius 1 is 1.47 bits per heavy atom. The fraction of sp³-hybridized carbons (Fsp3) is 0.889. The first-order valence-corrected chi connectivity index (χ1v) is 5.17. The molecule has 1 heterocycles. The van der Waals surface area contributed by atoms with Crippen molar-refractivity contribution in [3.63, 3.8) is 0 Å². The van der Waals surface area contributed by atoms with E-state index in [1.165, 1.54) is 0 Å². The van der Waals surface area contributed by atoms with Gasteiger partial charge in [0.05, 0.1) is 12.2 Å². The Morgan fingerprint density at radius 3 is 2.27 bits per heavy atom. The van der Waals surface area contributed by atoms with Gasteiger partial charge in [-0.05, 0) is 0 Å². The molecule has 0 amide bonds. The molecule has 1 N–H and O–H groups in total. The van der Waals surface area contributed by atoms with E-state index in [-0.39, 0.29) is 12.2 Å². The summed E-state index contributed by atoms with van der Waals surface area (Å²) >= 11 is 5.65. The molecule has 0 spiro atoms. The Hall–Kier alpha value is -0.360. The number of halogens is 1. The topological polar surface area (TPSA) is 59.0 Å². The first-order valence-electron chi connectivity index (χ1n) is 4.73. The van der Waals surface area contributed by atoms with E-state index < -0.39 is 11.3 Å². The summed E-state index contributed by atoms with van der Waals surface area (Å²) in [6, 6.07) is 0. The van der Waals surface area contributed by atoms with Crippen LogP contribution in [0.5, 0.6) is 0 Å². The smallest absolute Gasteiger partial charge is 0.322 e.